The number of anilines is 2. The summed E-state index contributed by atoms with van der Waals surface area (Å²) in [6.07, 6.45) is -4.67. The number of rotatable bonds is 5. The number of carbonyl (C=O) groups excluding carboxylic acids is 2. The van der Waals surface area contributed by atoms with Crippen molar-refractivity contribution in [3.05, 3.63) is 75.3 Å². The Bertz CT molecular complexity index is 1150. The first kappa shape index (κ1) is 23.5. The molecule has 0 N–H and O–H groups in total. The van der Waals surface area contributed by atoms with Crippen LogP contribution in [0.2, 0.25) is 0 Å². The molecule has 0 unspecified atom stereocenters. The number of amides is 1. The van der Waals surface area contributed by atoms with Gasteiger partial charge >= 0.3 is 12.1 Å². The fraction of sp³-hybridized carbons (Fsp3) is 0.261. The number of ether oxygens (including phenoxy) is 1. The number of benzene rings is 2. The molecule has 0 saturated carbocycles. The molecular formula is C23H21F3N2O3S. The van der Waals surface area contributed by atoms with Gasteiger partial charge in [-0.25, -0.2) is 9.78 Å². The molecule has 0 aliphatic heterocycles. The molecule has 0 aliphatic carbocycles. The van der Waals surface area contributed by atoms with Crippen molar-refractivity contribution in [2.75, 3.05) is 4.90 Å². The smallest absolute Gasteiger partial charge is 0.417 e. The van der Waals surface area contributed by atoms with Crippen molar-refractivity contribution in [3.63, 3.8) is 0 Å². The number of aromatic nitrogens is 1. The van der Waals surface area contributed by atoms with Gasteiger partial charge in [-0.2, -0.15) is 13.2 Å². The second-order valence-corrected chi connectivity index (χ2v) is 8.18. The van der Waals surface area contributed by atoms with E-state index in [1.54, 1.807) is 5.38 Å². The van der Waals surface area contributed by atoms with Gasteiger partial charge in [0.25, 0.3) is 0 Å². The van der Waals surface area contributed by atoms with E-state index < -0.39 is 23.3 Å². The Balaban J connectivity index is 1.82. The van der Waals surface area contributed by atoms with Gasteiger partial charge in [-0.1, -0.05) is 29.8 Å². The average molecular weight is 462 g/mol. The number of hydrogen-bond acceptors (Lipinski definition) is 5. The predicted molar refractivity (Wildman–Crippen MR) is 116 cm³/mol. The number of nitrogens with zero attached hydrogens (tertiary/aromatic N) is 2. The number of thiazole rings is 1. The fourth-order valence-electron chi connectivity index (χ4n) is 3.50. The maximum Gasteiger partial charge on any atom is 0.417 e. The summed E-state index contributed by atoms with van der Waals surface area (Å²) in [5.41, 5.74) is 2.31. The van der Waals surface area contributed by atoms with Crippen LogP contribution < -0.4 is 4.90 Å². The molecule has 3 rings (SSSR count). The Hall–Kier alpha value is -3.20. The van der Waals surface area contributed by atoms with Gasteiger partial charge in [0, 0.05) is 12.3 Å². The van der Waals surface area contributed by atoms with Crippen LogP contribution >= 0.6 is 11.3 Å². The lowest BCUT2D eigenvalue weighted by Crippen LogP contribution is -2.24. The highest BCUT2D eigenvalue weighted by Crippen LogP contribution is 2.35. The number of halogens is 3. The van der Waals surface area contributed by atoms with Crippen molar-refractivity contribution < 1.29 is 27.5 Å². The lowest BCUT2D eigenvalue weighted by Gasteiger charge is -2.23. The Morgan fingerprint density at radius 2 is 1.72 bits per heavy atom. The number of esters is 1. The summed E-state index contributed by atoms with van der Waals surface area (Å²) in [7, 11) is 0. The zero-order chi connectivity index (χ0) is 23.6. The van der Waals surface area contributed by atoms with Crippen molar-refractivity contribution in [1.29, 1.82) is 0 Å². The molecule has 0 aliphatic rings. The first-order valence-electron chi connectivity index (χ1n) is 9.65. The van der Waals surface area contributed by atoms with Crippen molar-refractivity contribution in [1.82, 2.24) is 4.98 Å². The van der Waals surface area contributed by atoms with Gasteiger partial charge in [0.15, 0.2) is 5.13 Å². The van der Waals surface area contributed by atoms with Gasteiger partial charge in [-0.3, -0.25) is 9.69 Å². The molecule has 1 amide bonds. The second kappa shape index (κ2) is 9.12. The van der Waals surface area contributed by atoms with E-state index in [1.165, 1.54) is 35.3 Å². The fourth-order valence-corrected chi connectivity index (χ4v) is 4.36. The van der Waals surface area contributed by atoms with Crippen LogP contribution in [0.3, 0.4) is 0 Å². The summed E-state index contributed by atoms with van der Waals surface area (Å²) in [4.78, 5) is 30.6. The summed E-state index contributed by atoms with van der Waals surface area (Å²) >= 11 is 1.18. The Morgan fingerprint density at radius 1 is 1.09 bits per heavy atom. The first-order valence-corrected chi connectivity index (χ1v) is 10.5. The molecule has 3 aromatic rings. The van der Waals surface area contributed by atoms with Crippen LogP contribution in [0.4, 0.5) is 24.0 Å². The minimum atomic E-state index is -4.67. The maximum absolute atomic E-state index is 13.1. The third-order valence-corrected chi connectivity index (χ3v) is 5.58. The number of alkyl halides is 3. The zero-order valence-electron chi connectivity index (χ0n) is 17.9. The molecule has 32 heavy (non-hydrogen) atoms. The number of carbonyl (C=O) groups is 2. The van der Waals surface area contributed by atoms with Gasteiger partial charge in [0.1, 0.15) is 6.61 Å². The number of aryl methyl sites for hydroxylation is 3. The van der Waals surface area contributed by atoms with E-state index in [9.17, 15) is 22.8 Å². The quantitative estimate of drug-likeness (QED) is 0.428. The summed E-state index contributed by atoms with van der Waals surface area (Å²) in [6, 6.07) is 8.37. The van der Waals surface area contributed by atoms with E-state index in [-0.39, 0.29) is 12.5 Å². The van der Waals surface area contributed by atoms with E-state index in [2.05, 4.69) is 4.98 Å². The summed E-state index contributed by atoms with van der Waals surface area (Å²) < 4.78 is 44.5. The highest BCUT2D eigenvalue weighted by Gasteiger charge is 2.35. The number of hydrogen-bond donors (Lipinski definition) is 0. The monoisotopic (exact) mass is 462 g/mol. The highest BCUT2D eigenvalue weighted by atomic mass is 32.1. The van der Waals surface area contributed by atoms with Gasteiger partial charge in [-0.05, 0) is 44.0 Å². The van der Waals surface area contributed by atoms with Crippen LogP contribution in [0.25, 0.3) is 0 Å². The first-order chi connectivity index (χ1) is 15.0. The molecule has 0 spiro atoms. The molecule has 168 valence electrons. The molecule has 0 atom stereocenters. The van der Waals surface area contributed by atoms with Gasteiger partial charge in [0.2, 0.25) is 5.91 Å². The van der Waals surface area contributed by atoms with E-state index in [4.69, 9.17) is 4.74 Å². The molecule has 0 radical (unpaired) electrons. The molecule has 0 fully saturated rings. The van der Waals surface area contributed by atoms with Crippen LogP contribution in [-0.4, -0.2) is 16.9 Å². The Morgan fingerprint density at radius 3 is 2.31 bits per heavy atom. The van der Waals surface area contributed by atoms with Crippen molar-refractivity contribution >= 4 is 34.0 Å². The molecule has 1 heterocycles. The third kappa shape index (κ3) is 4.99. The SMILES string of the molecule is CC(=O)N(c1nc(COC(=O)c2ccccc2C(F)(F)F)cs1)c1c(C)cc(C)cc1C. The molecule has 2 aromatic carbocycles. The lowest BCUT2D eigenvalue weighted by molar-refractivity contribution is -0.138. The van der Waals surface area contributed by atoms with Crippen LogP contribution in [0, 0.1) is 20.8 Å². The summed E-state index contributed by atoms with van der Waals surface area (Å²) in [6.45, 7) is 6.88. The molecule has 5 nitrogen and oxygen atoms in total. The largest absolute Gasteiger partial charge is 0.456 e. The van der Waals surface area contributed by atoms with Crippen molar-refractivity contribution in [2.24, 2.45) is 0 Å². The van der Waals surface area contributed by atoms with E-state index in [0.717, 1.165) is 34.5 Å². The highest BCUT2D eigenvalue weighted by molar-refractivity contribution is 7.14. The summed E-state index contributed by atoms with van der Waals surface area (Å²) in [5.74, 6) is -1.34. The van der Waals surface area contributed by atoms with E-state index >= 15 is 0 Å². The predicted octanol–water partition coefficient (Wildman–Crippen LogP) is 6.13. The molecule has 9 heteroatoms. The maximum atomic E-state index is 13.1. The van der Waals surface area contributed by atoms with E-state index in [0.29, 0.717) is 10.8 Å². The summed E-state index contributed by atoms with van der Waals surface area (Å²) in [5, 5.41) is 1.99. The molecule has 1 aromatic heterocycles. The van der Waals surface area contributed by atoms with Crippen molar-refractivity contribution in [3.8, 4) is 0 Å². The molecule has 0 bridgehead atoms. The normalized spacial score (nSPS) is 11.3. The van der Waals surface area contributed by atoms with Crippen LogP contribution in [0.5, 0.6) is 0 Å². The van der Waals surface area contributed by atoms with Crippen molar-refractivity contribution in [2.45, 2.75) is 40.5 Å². The second-order valence-electron chi connectivity index (χ2n) is 7.34. The topological polar surface area (TPSA) is 59.5 Å². The average Bonchev–Trinajstić information content (AvgIpc) is 3.16. The van der Waals surface area contributed by atoms with Gasteiger partial charge in [0.05, 0.1) is 22.5 Å². The minimum absolute atomic E-state index is 0.239. The zero-order valence-corrected chi connectivity index (χ0v) is 18.7. The molecule has 0 saturated heterocycles. The van der Waals surface area contributed by atoms with E-state index in [1.807, 2.05) is 32.9 Å². The minimum Gasteiger partial charge on any atom is -0.456 e. The van der Waals surface area contributed by atoms with Gasteiger partial charge < -0.3 is 4.74 Å². The molecular weight excluding hydrogens is 441 g/mol. The van der Waals surface area contributed by atoms with Crippen LogP contribution in [0.15, 0.2) is 41.8 Å². The standard InChI is InChI=1S/C23H21F3N2O3S/c1-13-9-14(2)20(15(3)10-13)28(16(4)29)22-27-17(12-32-22)11-31-21(30)18-7-5-6-8-19(18)23(24,25)26/h5-10,12H,11H2,1-4H3. The lowest BCUT2D eigenvalue weighted by atomic mass is 10.0. The Kier molecular flexibility index (Phi) is 6.68. The third-order valence-electron chi connectivity index (χ3n) is 4.71. The Labute approximate surface area is 187 Å². The van der Waals surface area contributed by atoms with Crippen LogP contribution in [-0.2, 0) is 22.3 Å². The van der Waals surface area contributed by atoms with Gasteiger partial charge in [-0.15, -0.1) is 11.3 Å². The van der Waals surface area contributed by atoms with Crippen LogP contribution in [0.1, 0.15) is 45.2 Å².